The van der Waals surface area contributed by atoms with Crippen LogP contribution >= 0.6 is 0 Å². The van der Waals surface area contributed by atoms with Gasteiger partial charge in [0.25, 0.3) is 0 Å². The van der Waals surface area contributed by atoms with Crippen molar-refractivity contribution in [3.63, 3.8) is 0 Å². The number of amides is 3. The summed E-state index contributed by atoms with van der Waals surface area (Å²) in [5, 5.41) is 2.74. The lowest BCUT2D eigenvalue weighted by Crippen LogP contribution is -2.32. The zero-order valence-corrected chi connectivity index (χ0v) is 23.5. The maximum absolute atomic E-state index is 13.4. The summed E-state index contributed by atoms with van der Waals surface area (Å²) < 4.78 is 5.29. The smallest absolute Gasteiger partial charge is 0.407 e. The molecule has 7 heteroatoms. The molecule has 0 radical (unpaired) electrons. The Hall–Kier alpha value is -4.91. The van der Waals surface area contributed by atoms with Gasteiger partial charge in [0, 0.05) is 12.2 Å². The third-order valence-electron chi connectivity index (χ3n) is 6.70. The molecule has 0 aliphatic carbocycles. The molecule has 7 nitrogen and oxygen atoms in total. The number of hydrogen-bond donors (Lipinski definition) is 1. The summed E-state index contributed by atoms with van der Waals surface area (Å²) in [7, 11) is 0. The molecule has 0 bridgehead atoms. The first-order chi connectivity index (χ1) is 19.7. The first kappa shape index (κ1) is 27.6. The Bertz CT molecular complexity index is 1540. The number of rotatable bonds is 6. The molecule has 0 spiro atoms. The summed E-state index contributed by atoms with van der Waals surface area (Å²) in [5.41, 5.74) is 5.43. The number of carbonyl (C=O) groups is 3. The first-order valence-electron chi connectivity index (χ1n) is 13.6. The zero-order valence-electron chi connectivity index (χ0n) is 23.5. The number of fused-ring (bicyclic) bond motifs is 1. The maximum Gasteiger partial charge on any atom is 0.407 e. The molecule has 0 atom stereocenters. The van der Waals surface area contributed by atoms with E-state index in [2.05, 4.69) is 29.6 Å². The van der Waals surface area contributed by atoms with E-state index in [1.807, 2.05) is 99.6 Å². The van der Waals surface area contributed by atoms with Crippen LogP contribution in [0.15, 0.2) is 103 Å². The molecule has 4 aromatic rings. The van der Waals surface area contributed by atoms with Gasteiger partial charge in [-0.2, -0.15) is 0 Å². The fraction of sp³-hybridized carbons (Fsp3) is 0.206. The number of para-hydroxylation sites is 2. The Morgan fingerprint density at radius 1 is 0.732 bits per heavy atom. The molecule has 1 N–H and O–H groups in total. The largest absolute Gasteiger partial charge is 0.444 e. The van der Waals surface area contributed by atoms with Crippen LogP contribution in [0.5, 0.6) is 0 Å². The van der Waals surface area contributed by atoms with Crippen molar-refractivity contribution < 1.29 is 19.1 Å². The van der Waals surface area contributed by atoms with Crippen molar-refractivity contribution in [2.75, 3.05) is 9.80 Å². The van der Waals surface area contributed by atoms with E-state index in [1.54, 1.807) is 9.80 Å². The number of nitrogens with zero attached hydrogens (tertiary/aromatic N) is 2. The molecular weight excluding hydrogens is 514 g/mol. The Balaban J connectivity index is 1.36. The lowest BCUT2D eigenvalue weighted by atomic mass is 10.0. The van der Waals surface area contributed by atoms with Crippen molar-refractivity contribution >= 4 is 35.0 Å². The SMILES string of the molecule is CC(C)(C)OC(=O)NCc1ccc(N2C(=O)CC(=O)N(Cc3ccc(-c4ccccc4)cc3)c3ccccc32)cc1. The van der Waals surface area contributed by atoms with Crippen LogP contribution in [0.3, 0.4) is 0 Å². The van der Waals surface area contributed by atoms with Gasteiger partial charge in [-0.05, 0) is 67.3 Å². The fourth-order valence-corrected chi connectivity index (χ4v) is 4.78. The van der Waals surface area contributed by atoms with E-state index in [4.69, 9.17) is 4.74 Å². The van der Waals surface area contributed by atoms with Crippen LogP contribution in [0.1, 0.15) is 38.3 Å². The van der Waals surface area contributed by atoms with Crippen LogP contribution in [0.2, 0.25) is 0 Å². The molecule has 0 fully saturated rings. The number of hydrogen-bond acceptors (Lipinski definition) is 4. The van der Waals surface area contributed by atoms with Gasteiger partial charge >= 0.3 is 6.09 Å². The summed E-state index contributed by atoms with van der Waals surface area (Å²) in [5.74, 6) is -0.556. The van der Waals surface area contributed by atoms with Gasteiger partial charge in [0.2, 0.25) is 11.8 Å². The molecule has 4 aromatic carbocycles. The molecular formula is C34H33N3O4. The molecule has 1 heterocycles. The van der Waals surface area contributed by atoms with E-state index in [0.29, 0.717) is 23.6 Å². The molecule has 5 rings (SSSR count). The monoisotopic (exact) mass is 547 g/mol. The number of ether oxygens (including phenoxy) is 1. The highest BCUT2D eigenvalue weighted by Gasteiger charge is 2.32. The van der Waals surface area contributed by atoms with Crippen molar-refractivity contribution in [3.8, 4) is 11.1 Å². The van der Waals surface area contributed by atoms with Gasteiger partial charge in [-0.25, -0.2) is 4.79 Å². The Morgan fingerprint density at radius 3 is 1.98 bits per heavy atom. The second kappa shape index (κ2) is 11.7. The normalized spacial score (nSPS) is 13.4. The van der Waals surface area contributed by atoms with Gasteiger partial charge in [0.1, 0.15) is 12.0 Å². The molecule has 0 saturated heterocycles. The van der Waals surface area contributed by atoms with Crippen LogP contribution < -0.4 is 15.1 Å². The second-order valence-electron chi connectivity index (χ2n) is 11.0. The topological polar surface area (TPSA) is 79.0 Å². The highest BCUT2D eigenvalue weighted by Crippen LogP contribution is 2.38. The van der Waals surface area contributed by atoms with Gasteiger partial charge in [-0.15, -0.1) is 0 Å². The lowest BCUT2D eigenvalue weighted by molar-refractivity contribution is -0.125. The molecule has 1 aliphatic rings. The third-order valence-corrected chi connectivity index (χ3v) is 6.70. The molecule has 1 aliphatic heterocycles. The standard InChI is InChI=1S/C34H33N3O4/c1-34(2,3)41-33(40)35-22-24-15-19-28(20-16-24)37-30-12-8-7-11-29(30)36(31(38)21-32(37)39)23-25-13-17-27(18-14-25)26-9-5-4-6-10-26/h4-20H,21-23H2,1-3H3,(H,35,40). The molecule has 0 saturated carbocycles. The lowest BCUT2D eigenvalue weighted by Gasteiger charge is -2.26. The van der Waals surface area contributed by atoms with E-state index < -0.39 is 11.7 Å². The third kappa shape index (κ3) is 6.64. The maximum atomic E-state index is 13.4. The van der Waals surface area contributed by atoms with Gasteiger partial charge in [0.15, 0.2) is 0 Å². The summed E-state index contributed by atoms with van der Waals surface area (Å²) in [6.07, 6.45) is -0.745. The molecule has 41 heavy (non-hydrogen) atoms. The van der Waals surface area contributed by atoms with E-state index in [-0.39, 0.29) is 24.8 Å². The number of alkyl carbamates (subject to hydrolysis) is 1. The second-order valence-corrected chi connectivity index (χ2v) is 11.0. The Morgan fingerprint density at radius 2 is 1.32 bits per heavy atom. The van der Waals surface area contributed by atoms with Gasteiger partial charge in [0.05, 0.1) is 17.9 Å². The van der Waals surface area contributed by atoms with Gasteiger partial charge < -0.3 is 15.0 Å². The zero-order chi connectivity index (χ0) is 29.0. The van der Waals surface area contributed by atoms with E-state index in [9.17, 15) is 14.4 Å². The minimum absolute atomic E-state index is 0.251. The number of carbonyl (C=O) groups excluding carboxylic acids is 3. The quantitative estimate of drug-likeness (QED) is 0.264. The van der Waals surface area contributed by atoms with E-state index >= 15 is 0 Å². The van der Waals surface area contributed by atoms with Crippen molar-refractivity contribution in [1.82, 2.24) is 5.32 Å². The van der Waals surface area contributed by atoms with Crippen molar-refractivity contribution in [2.45, 2.75) is 45.9 Å². The Kier molecular flexibility index (Phi) is 7.88. The summed E-state index contributed by atoms with van der Waals surface area (Å²) >= 11 is 0. The molecule has 208 valence electrons. The minimum Gasteiger partial charge on any atom is -0.444 e. The van der Waals surface area contributed by atoms with Crippen LogP contribution in [-0.2, 0) is 27.4 Å². The first-order valence-corrected chi connectivity index (χ1v) is 13.6. The Labute approximate surface area is 240 Å². The highest BCUT2D eigenvalue weighted by atomic mass is 16.6. The van der Waals surface area contributed by atoms with E-state index in [0.717, 1.165) is 22.3 Å². The average molecular weight is 548 g/mol. The number of nitrogens with one attached hydrogen (secondary N) is 1. The summed E-state index contributed by atoms with van der Waals surface area (Å²) in [6, 6.07) is 33.1. The highest BCUT2D eigenvalue weighted by molar-refractivity contribution is 6.18. The van der Waals surface area contributed by atoms with Gasteiger partial charge in [-0.1, -0.05) is 78.9 Å². The average Bonchev–Trinajstić information content (AvgIpc) is 3.05. The molecule has 0 aromatic heterocycles. The van der Waals surface area contributed by atoms with Crippen LogP contribution in [-0.4, -0.2) is 23.5 Å². The molecule has 0 unspecified atom stereocenters. The fourth-order valence-electron chi connectivity index (χ4n) is 4.78. The summed E-state index contributed by atoms with van der Waals surface area (Å²) in [6.45, 7) is 6.07. The predicted molar refractivity (Wildman–Crippen MR) is 161 cm³/mol. The van der Waals surface area contributed by atoms with Crippen LogP contribution in [0, 0.1) is 0 Å². The van der Waals surface area contributed by atoms with Crippen molar-refractivity contribution in [3.05, 3.63) is 114 Å². The summed E-state index contributed by atoms with van der Waals surface area (Å²) in [4.78, 5) is 42.1. The predicted octanol–water partition coefficient (Wildman–Crippen LogP) is 6.98. The van der Waals surface area contributed by atoms with Crippen LogP contribution in [0.4, 0.5) is 21.9 Å². The van der Waals surface area contributed by atoms with Crippen LogP contribution in [0.25, 0.3) is 11.1 Å². The number of anilines is 3. The van der Waals surface area contributed by atoms with Gasteiger partial charge in [-0.3, -0.25) is 14.5 Å². The minimum atomic E-state index is -0.578. The molecule has 3 amide bonds. The number of benzene rings is 4. The van der Waals surface area contributed by atoms with Crippen molar-refractivity contribution in [2.24, 2.45) is 0 Å². The van der Waals surface area contributed by atoms with Crippen molar-refractivity contribution in [1.29, 1.82) is 0 Å². The van der Waals surface area contributed by atoms with E-state index in [1.165, 1.54) is 0 Å².